The number of aryl methyl sites for hydroxylation is 1. The van der Waals surface area contributed by atoms with E-state index in [4.69, 9.17) is 11.6 Å². The molecule has 1 aliphatic rings. The lowest BCUT2D eigenvalue weighted by atomic mass is 10.2. The predicted molar refractivity (Wildman–Crippen MR) is 117 cm³/mol. The van der Waals surface area contributed by atoms with Crippen molar-refractivity contribution in [2.45, 2.75) is 6.54 Å². The van der Waals surface area contributed by atoms with Gasteiger partial charge >= 0.3 is 0 Å². The van der Waals surface area contributed by atoms with Crippen molar-refractivity contribution < 1.29 is 14.9 Å². The summed E-state index contributed by atoms with van der Waals surface area (Å²) in [6, 6.07) is 18.0. The number of para-hydroxylation sites is 2. The van der Waals surface area contributed by atoms with Crippen molar-refractivity contribution in [3.05, 3.63) is 70.7 Å². The lowest BCUT2D eigenvalue weighted by molar-refractivity contribution is -1.02. The molecule has 3 aromatic rings. The van der Waals surface area contributed by atoms with E-state index >= 15 is 0 Å². The number of fused-ring (bicyclic) bond motifs is 1. The van der Waals surface area contributed by atoms with Crippen molar-refractivity contribution in [2.24, 2.45) is 7.05 Å². The first-order valence-electron chi connectivity index (χ1n) is 10.2. The van der Waals surface area contributed by atoms with Gasteiger partial charge in [0.15, 0.2) is 11.6 Å². The summed E-state index contributed by atoms with van der Waals surface area (Å²) in [4.78, 5) is 7.38. The van der Waals surface area contributed by atoms with E-state index in [0.717, 1.165) is 48.8 Å². The number of imidazole rings is 1. The third-order valence-corrected chi connectivity index (χ3v) is 6.11. The standard InChI is InChI=1S/C23H24ClN5O/c1-27-21-5-3-2-4-20(21)26-23(27)19(14-25)22(30)16-29-12-10-28(11-13-29)15-17-6-8-18(24)9-7-17/h2-9,30H,10-13,15-16H2,1H3/p+2/b22-19-. The van der Waals surface area contributed by atoms with Crippen LogP contribution in [0.25, 0.3) is 16.6 Å². The normalized spacial score (nSPS) is 20.0. The van der Waals surface area contributed by atoms with Crippen molar-refractivity contribution in [2.75, 3.05) is 32.7 Å². The number of rotatable bonds is 5. The van der Waals surface area contributed by atoms with Crippen LogP contribution in [0.5, 0.6) is 0 Å². The molecule has 2 heterocycles. The highest BCUT2D eigenvalue weighted by molar-refractivity contribution is 6.30. The second-order valence-corrected chi connectivity index (χ2v) is 8.33. The third-order valence-electron chi connectivity index (χ3n) is 5.86. The van der Waals surface area contributed by atoms with Crippen molar-refractivity contribution in [1.82, 2.24) is 9.55 Å². The summed E-state index contributed by atoms with van der Waals surface area (Å²) in [5.41, 5.74) is 3.31. The summed E-state index contributed by atoms with van der Waals surface area (Å²) in [5, 5.41) is 21.2. The summed E-state index contributed by atoms with van der Waals surface area (Å²) >= 11 is 5.97. The summed E-state index contributed by atoms with van der Waals surface area (Å²) in [6.45, 7) is 5.39. The van der Waals surface area contributed by atoms with Crippen LogP contribution in [0.1, 0.15) is 11.4 Å². The van der Waals surface area contributed by atoms with E-state index in [1.54, 1.807) is 0 Å². The largest absolute Gasteiger partial charge is 0.506 e. The Bertz CT molecular complexity index is 1100. The van der Waals surface area contributed by atoms with Crippen LogP contribution in [-0.4, -0.2) is 47.4 Å². The fraction of sp³-hybridized carbons (Fsp3) is 0.304. The molecule has 0 bridgehead atoms. The Kier molecular flexibility index (Phi) is 6.05. The molecular weight excluding hydrogens is 398 g/mol. The van der Waals surface area contributed by atoms with Crippen LogP contribution in [0, 0.1) is 11.3 Å². The third kappa shape index (κ3) is 4.34. The van der Waals surface area contributed by atoms with Gasteiger partial charge in [-0.25, -0.2) is 4.98 Å². The fourth-order valence-electron chi connectivity index (χ4n) is 4.14. The molecule has 0 amide bonds. The minimum Gasteiger partial charge on any atom is -0.506 e. The minimum absolute atomic E-state index is 0.118. The molecule has 1 aliphatic heterocycles. The average molecular weight is 424 g/mol. The molecule has 0 spiro atoms. The maximum atomic E-state index is 10.8. The van der Waals surface area contributed by atoms with E-state index < -0.39 is 0 Å². The first-order chi connectivity index (χ1) is 14.5. The smallest absolute Gasteiger partial charge is 0.169 e. The molecule has 1 fully saturated rings. The van der Waals surface area contributed by atoms with E-state index in [2.05, 4.69) is 23.2 Å². The molecule has 0 atom stereocenters. The molecule has 0 radical (unpaired) electrons. The molecule has 1 aromatic heterocycles. The Hall–Kier alpha value is -2.85. The number of quaternary nitrogens is 2. The molecule has 0 unspecified atom stereocenters. The van der Waals surface area contributed by atoms with Crippen LogP contribution in [-0.2, 0) is 13.6 Å². The second-order valence-electron chi connectivity index (χ2n) is 7.90. The second kappa shape index (κ2) is 8.88. The maximum Gasteiger partial charge on any atom is 0.169 e. The molecule has 4 rings (SSSR count). The quantitative estimate of drug-likeness (QED) is 0.423. The van der Waals surface area contributed by atoms with Gasteiger partial charge in [0.2, 0.25) is 0 Å². The summed E-state index contributed by atoms with van der Waals surface area (Å²) in [5.74, 6) is 0.634. The van der Waals surface area contributed by atoms with E-state index in [1.165, 1.54) is 15.4 Å². The Balaban J connectivity index is 1.42. The molecule has 154 valence electrons. The van der Waals surface area contributed by atoms with E-state index in [9.17, 15) is 10.4 Å². The van der Waals surface area contributed by atoms with Gasteiger partial charge in [-0.15, -0.1) is 0 Å². The molecule has 7 heteroatoms. The predicted octanol–water partition coefficient (Wildman–Crippen LogP) is 1.00. The van der Waals surface area contributed by atoms with Crippen molar-refractivity contribution >= 4 is 28.2 Å². The van der Waals surface area contributed by atoms with Crippen LogP contribution in [0.3, 0.4) is 0 Å². The zero-order valence-corrected chi connectivity index (χ0v) is 17.8. The van der Waals surface area contributed by atoms with E-state index in [-0.39, 0.29) is 11.3 Å². The number of benzene rings is 2. The first-order valence-corrected chi connectivity index (χ1v) is 10.6. The summed E-state index contributed by atoms with van der Waals surface area (Å²) < 4.78 is 1.87. The SMILES string of the molecule is Cn1c(/C(C#N)=C(\O)C[NH+]2CC[NH+](Cc3ccc(Cl)cc3)CC2)nc2ccccc21. The van der Waals surface area contributed by atoms with E-state index in [1.807, 2.05) is 48.0 Å². The van der Waals surface area contributed by atoms with E-state index in [0.29, 0.717) is 12.4 Å². The Morgan fingerprint density at radius 2 is 1.77 bits per heavy atom. The zero-order chi connectivity index (χ0) is 21.1. The number of hydrogen-bond donors (Lipinski definition) is 3. The molecule has 30 heavy (non-hydrogen) atoms. The summed E-state index contributed by atoms with van der Waals surface area (Å²) in [7, 11) is 1.88. The molecule has 2 aromatic carbocycles. The Morgan fingerprint density at radius 1 is 1.10 bits per heavy atom. The lowest BCUT2D eigenvalue weighted by Crippen LogP contribution is -3.27. The molecule has 0 aliphatic carbocycles. The highest BCUT2D eigenvalue weighted by atomic mass is 35.5. The molecule has 3 N–H and O–H groups in total. The van der Waals surface area contributed by atoms with Gasteiger partial charge in [0.05, 0.1) is 11.0 Å². The lowest BCUT2D eigenvalue weighted by Gasteiger charge is -2.29. The molecule has 1 saturated heterocycles. The van der Waals surface area contributed by atoms with Gasteiger partial charge in [0.25, 0.3) is 0 Å². The maximum absolute atomic E-state index is 10.8. The Morgan fingerprint density at radius 3 is 2.43 bits per heavy atom. The number of aliphatic hydroxyl groups excluding tert-OH is 1. The molecule has 6 nitrogen and oxygen atoms in total. The van der Waals surface area contributed by atoms with Gasteiger partial charge in [-0.3, -0.25) is 0 Å². The number of halogens is 1. The number of piperazine rings is 1. The number of nitriles is 1. The number of nitrogens with zero attached hydrogens (tertiary/aromatic N) is 3. The highest BCUT2D eigenvalue weighted by Crippen LogP contribution is 2.21. The number of aliphatic hydroxyl groups is 1. The van der Waals surface area contributed by atoms with Crippen molar-refractivity contribution in [1.29, 1.82) is 5.26 Å². The first kappa shape index (κ1) is 20.4. The Labute approximate surface area is 181 Å². The number of nitrogens with one attached hydrogen (secondary N) is 2. The topological polar surface area (TPSA) is 70.7 Å². The fourth-order valence-corrected chi connectivity index (χ4v) is 4.27. The zero-order valence-electron chi connectivity index (χ0n) is 17.0. The van der Waals surface area contributed by atoms with Gasteiger partial charge in [0, 0.05) is 17.6 Å². The van der Waals surface area contributed by atoms with Gasteiger partial charge < -0.3 is 19.5 Å². The van der Waals surface area contributed by atoms with Crippen LogP contribution in [0.2, 0.25) is 5.02 Å². The van der Waals surface area contributed by atoms with Crippen molar-refractivity contribution in [3.8, 4) is 6.07 Å². The van der Waals surface area contributed by atoms with Gasteiger partial charge in [-0.1, -0.05) is 35.9 Å². The van der Waals surface area contributed by atoms with Gasteiger partial charge in [-0.05, 0) is 24.3 Å². The molecular formula is C23H26ClN5O+2. The highest BCUT2D eigenvalue weighted by Gasteiger charge is 2.26. The number of allylic oxidation sites excluding steroid dienone is 1. The van der Waals surface area contributed by atoms with Crippen LogP contribution in [0.4, 0.5) is 0 Å². The number of hydrogen-bond acceptors (Lipinski definition) is 3. The van der Waals surface area contributed by atoms with Crippen LogP contribution < -0.4 is 9.80 Å². The number of aromatic nitrogens is 2. The van der Waals surface area contributed by atoms with Crippen molar-refractivity contribution in [3.63, 3.8) is 0 Å². The molecule has 0 saturated carbocycles. The minimum atomic E-state index is 0.118. The monoisotopic (exact) mass is 423 g/mol. The van der Waals surface area contributed by atoms with Gasteiger partial charge in [-0.2, -0.15) is 5.26 Å². The van der Waals surface area contributed by atoms with Gasteiger partial charge in [0.1, 0.15) is 50.9 Å². The summed E-state index contributed by atoms with van der Waals surface area (Å²) in [6.07, 6.45) is 0. The average Bonchev–Trinajstić information content (AvgIpc) is 3.08. The van der Waals surface area contributed by atoms with Crippen LogP contribution >= 0.6 is 11.6 Å². The van der Waals surface area contributed by atoms with Crippen LogP contribution in [0.15, 0.2) is 54.3 Å².